The summed E-state index contributed by atoms with van der Waals surface area (Å²) in [6.07, 6.45) is -1.44. The lowest BCUT2D eigenvalue weighted by molar-refractivity contribution is -0.387. The highest BCUT2D eigenvalue weighted by molar-refractivity contribution is 7.89. The van der Waals surface area contributed by atoms with E-state index >= 15 is 0 Å². The minimum absolute atomic E-state index is 0.0387. The number of nitriles is 1. The van der Waals surface area contributed by atoms with Gasteiger partial charge in [-0.15, -0.1) is 0 Å². The predicted molar refractivity (Wildman–Crippen MR) is 239 cm³/mol. The fraction of sp³-hybridized carbons (Fsp3) is 0.167. The van der Waals surface area contributed by atoms with Crippen LogP contribution in [-0.4, -0.2) is 52.5 Å². The van der Waals surface area contributed by atoms with Gasteiger partial charge in [-0.1, -0.05) is 96.0 Å². The van der Waals surface area contributed by atoms with E-state index in [1.807, 2.05) is 0 Å². The number of nitrogens with one attached hydrogen (secondary N) is 1. The third-order valence-electron chi connectivity index (χ3n) is 11.3. The van der Waals surface area contributed by atoms with Gasteiger partial charge in [-0.25, -0.2) is 13.2 Å². The molecule has 3 atom stereocenters. The Kier molecular flexibility index (Phi) is 12.7. The maximum absolute atomic E-state index is 14.5. The van der Waals surface area contributed by atoms with Gasteiger partial charge in [-0.2, -0.15) is 9.57 Å². The molecule has 0 aliphatic carbocycles. The van der Waals surface area contributed by atoms with Gasteiger partial charge in [0.25, 0.3) is 15.7 Å². The van der Waals surface area contributed by atoms with Gasteiger partial charge < -0.3 is 19.9 Å². The highest BCUT2D eigenvalue weighted by atomic mass is 35.5. The second-order valence-corrected chi connectivity index (χ2v) is 18.1. The number of fused-ring (bicyclic) bond motifs is 2. The molecule has 1 unspecified atom stereocenters. The number of carbonyl (C=O) groups is 3. The number of benzene rings is 6. The SMILES string of the molecule is N#Cc1ccc(-c2ccc(C[C@H](NC(=O)[C@@H]3Cc4cc5c(cc4CN3S(=O)(=O)c3ccccc3[N+](=O)[O-])OC(c3ccc(OCc4ccc(Cl)c(Cl)c4)cc3)C(=O)C5)C(=O)O)cc2)cc1. The Morgan fingerprint density at radius 2 is 1.57 bits per heavy atom. The third-order valence-corrected chi connectivity index (χ3v) is 13.9. The van der Waals surface area contributed by atoms with Gasteiger partial charge in [0.2, 0.25) is 5.91 Å². The Bertz CT molecular complexity index is 3010. The number of halogens is 2. The van der Waals surface area contributed by atoms with Crippen molar-refractivity contribution in [2.24, 2.45) is 0 Å². The highest BCUT2D eigenvalue weighted by Crippen LogP contribution is 2.40. The molecule has 0 spiro atoms. The summed E-state index contributed by atoms with van der Waals surface area (Å²) in [5, 5.41) is 34.8. The van der Waals surface area contributed by atoms with Crippen molar-refractivity contribution in [1.29, 1.82) is 5.26 Å². The van der Waals surface area contributed by atoms with E-state index in [0.717, 1.165) is 33.1 Å². The number of amides is 1. The van der Waals surface area contributed by atoms with E-state index in [1.165, 1.54) is 12.1 Å². The summed E-state index contributed by atoms with van der Waals surface area (Å²) in [4.78, 5) is 51.1. The molecule has 0 saturated carbocycles. The number of ketones is 1. The number of rotatable bonds is 13. The smallest absolute Gasteiger partial charge is 0.326 e. The fourth-order valence-corrected chi connectivity index (χ4v) is 9.90. The van der Waals surface area contributed by atoms with Crippen LogP contribution in [0.3, 0.4) is 0 Å². The lowest BCUT2D eigenvalue weighted by atomic mass is 9.89. The molecule has 0 fully saturated rings. The number of sulfonamides is 1. The zero-order valence-electron chi connectivity index (χ0n) is 34.0. The number of Topliss-reactive ketones (excluding diaryl/α,β-unsaturated/α-hetero) is 1. The van der Waals surface area contributed by atoms with Gasteiger partial charge in [-0.05, 0) is 88.3 Å². The Hall–Kier alpha value is -7.09. The van der Waals surface area contributed by atoms with Crippen LogP contribution >= 0.6 is 23.2 Å². The summed E-state index contributed by atoms with van der Waals surface area (Å²) in [5.74, 6) is -1.71. The number of hydrogen-bond acceptors (Lipinski definition) is 10. The zero-order valence-corrected chi connectivity index (χ0v) is 36.3. The molecule has 2 aliphatic heterocycles. The van der Waals surface area contributed by atoms with Gasteiger partial charge >= 0.3 is 5.97 Å². The van der Waals surface area contributed by atoms with Crippen molar-refractivity contribution in [3.63, 3.8) is 0 Å². The number of hydrogen-bond donors (Lipinski definition) is 2. The molecule has 6 aromatic rings. The second-order valence-electron chi connectivity index (χ2n) is 15.5. The Balaban J connectivity index is 1.04. The summed E-state index contributed by atoms with van der Waals surface area (Å²) < 4.78 is 42.0. The van der Waals surface area contributed by atoms with Gasteiger partial charge in [0.1, 0.15) is 30.2 Å². The molecular weight excluding hydrogens is 896 g/mol. The average Bonchev–Trinajstić information content (AvgIpc) is 3.30. The number of nitro benzene ring substituents is 1. The molecule has 1 amide bonds. The van der Waals surface area contributed by atoms with Crippen LogP contribution in [0.1, 0.15) is 45.0 Å². The van der Waals surface area contributed by atoms with E-state index in [-0.39, 0.29) is 31.7 Å². The first-order valence-corrected chi connectivity index (χ1v) is 22.3. The third kappa shape index (κ3) is 9.57. The van der Waals surface area contributed by atoms with E-state index < -0.39 is 62.1 Å². The Morgan fingerprint density at radius 1 is 0.892 bits per heavy atom. The zero-order chi connectivity index (χ0) is 46.0. The minimum Gasteiger partial charge on any atom is -0.489 e. The van der Waals surface area contributed by atoms with Crippen LogP contribution in [0.4, 0.5) is 5.69 Å². The van der Waals surface area contributed by atoms with Crippen molar-refractivity contribution < 1.29 is 42.3 Å². The van der Waals surface area contributed by atoms with Gasteiger partial charge in [0.05, 0.1) is 26.6 Å². The molecule has 2 heterocycles. The summed E-state index contributed by atoms with van der Waals surface area (Å²) in [5.41, 5.74) is 4.81. The highest BCUT2D eigenvalue weighted by Gasteiger charge is 2.44. The molecule has 0 aromatic heterocycles. The van der Waals surface area contributed by atoms with Crippen molar-refractivity contribution >= 4 is 56.6 Å². The van der Waals surface area contributed by atoms with Crippen molar-refractivity contribution in [3.05, 3.63) is 186 Å². The number of para-hydroxylation sites is 1. The van der Waals surface area contributed by atoms with Gasteiger partial charge in [0.15, 0.2) is 16.8 Å². The molecular formula is C48H36Cl2N4O10S. The molecule has 2 aliphatic rings. The van der Waals surface area contributed by atoms with Crippen LogP contribution in [0.5, 0.6) is 11.5 Å². The molecule has 17 heteroatoms. The normalized spacial score (nSPS) is 16.2. The Morgan fingerprint density at radius 3 is 2.23 bits per heavy atom. The van der Waals surface area contributed by atoms with Crippen LogP contribution in [-0.2, 0) is 56.8 Å². The van der Waals surface area contributed by atoms with Crippen LogP contribution in [0.25, 0.3) is 11.1 Å². The molecule has 0 bridgehead atoms. The molecule has 0 radical (unpaired) electrons. The maximum Gasteiger partial charge on any atom is 0.326 e. The minimum atomic E-state index is -4.79. The first kappa shape index (κ1) is 44.5. The number of nitrogens with zero attached hydrogens (tertiary/aromatic N) is 3. The molecule has 6 aromatic carbocycles. The Labute approximate surface area is 382 Å². The lowest BCUT2D eigenvalue weighted by Gasteiger charge is -2.36. The van der Waals surface area contributed by atoms with E-state index in [1.54, 1.807) is 103 Å². The van der Waals surface area contributed by atoms with E-state index in [4.69, 9.17) is 37.9 Å². The van der Waals surface area contributed by atoms with Gasteiger partial charge in [-0.3, -0.25) is 19.7 Å². The molecule has 2 N–H and O–H groups in total. The van der Waals surface area contributed by atoms with E-state index in [9.17, 15) is 38.0 Å². The average molecular weight is 932 g/mol. The van der Waals surface area contributed by atoms with E-state index in [2.05, 4.69) is 11.4 Å². The molecule has 0 saturated heterocycles. The maximum atomic E-state index is 14.5. The first-order chi connectivity index (χ1) is 31.2. The van der Waals surface area contributed by atoms with Crippen LogP contribution in [0, 0.1) is 21.4 Å². The van der Waals surface area contributed by atoms with Crippen molar-refractivity contribution in [2.75, 3.05) is 0 Å². The largest absolute Gasteiger partial charge is 0.489 e. The topological polar surface area (TPSA) is 206 Å². The molecule has 328 valence electrons. The van der Waals surface area contributed by atoms with Crippen molar-refractivity contribution in [3.8, 4) is 28.7 Å². The number of aliphatic carboxylic acids is 1. The number of ether oxygens (including phenoxy) is 2. The second kappa shape index (κ2) is 18.6. The predicted octanol–water partition coefficient (Wildman–Crippen LogP) is 8.19. The molecule has 14 nitrogen and oxygen atoms in total. The van der Waals surface area contributed by atoms with E-state index in [0.29, 0.717) is 54.9 Å². The van der Waals surface area contributed by atoms with Crippen LogP contribution in [0.15, 0.2) is 132 Å². The summed E-state index contributed by atoms with van der Waals surface area (Å²) in [6.45, 7) is -0.214. The number of carbonyl (C=O) groups excluding carboxylic acids is 2. The van der Waals surface area contributed by atoms with Crippen molar-refractivity contribution in [1.82, 2.24) is 9.62 Å². The standard InChI is InChI=1S/C48H36Cl2N4O10S/c49-38-18-9-30(19-39(38)50)27-63-37-16-14-33(15-17-37)46-43(55)23-35-21-34-22-42(53(26-36(34)24-44(35)64-46)65(61,62)45-4-2-1-3-41(45)54(59)60)47(56)52-40(48(57)58)20-28-5-10-31(11-6-28)32-12-7-29(25-51)8-13-32/h1-19,21,24,40,42,46H,20,22-23,26-27H2,(H,52,56)(H,57,58)/t40-,42-,46?/m0/s1. The summed E-state index contributed by atoms with van der Waals surface area (Å²) in [6, 6.07) is 33.0. The summed E-state index contributed by atoms with van der Waals surface area (Å²) >= 11 is 12.1. The van der Waals surface area contributed by atoms with Gasteiger partial charge in [0, 0.05) is 36.6 Å². The molecule has 8 rings (SSSR count). The number of nitro groups is 1. The monoisotopic (exact) mass is 930 g/mol. The number of carboxylic acids is 1. The number of carboxylic acid groups (broad SMARTS) is 1. The summed E-state index contributed by atoms with van der Waals surface area (Å²) in [7, 11) is -4.79. The van der Waals surface area contributed by atoms with Crippen molar-refractivity contribution in [2.45, 2.75) is 55.5 Å². The van der Waals surface area contributed by atoms with Crippen LogP contribution in [0.2, 0.25) is 10.0 Å². The fourth-order valence-electron chi connectivity index (χ4n) is 7.86. The molecule has 65 heavy (non-hydrogen) atoms. The first-order valence-electron chi connectivity index (χ1n) is 20.1. The van der Waals surface area contributed by atoms with Crippen LogP contribution < -0.4 is 14.8 Å². The lowest BCUT2D eigenvalue weighted by Crippen LogP contribution is -2.55. The quantitative estimate of drug-likeness (QED) is 0.0834.